The lowest BCUT2D eigenvalue weighted by Crippen LogP contribution is -2.48. The topological polar surface area (TPSA) is 61.8 Å². The molecular weight excluding hydrogens is 408 g/mol. The second-order valence-electron chi connectivity index (χ2n) is 8.19. The van der Waals surface area contributed by atoms with E-state index in [-0.39, 0.29) is 23.2 Å². The number of amides is 1. The van der Waals surface area contributed by atoms with Crippen LogP contribution in [0.4, 0.5) is 5.69 Å². The Labute approximate surface area is 188 Å². The lowest BCUT2D eigenvalue weighted by Gasteiger charge is -2.39. The van der Waals surface area contributed by atoms with Gasteiger partial charge in [0, 0.05) is 11.7 Å². The Kier molecular flexibility index (Phi) is 6.76. The molecule has 2 aliphatic rings. The number of thioether (sulfide) groups is 1. The minimum absolute atomic E-state index is 0.0724. The number of rotatable bonds is 6. The van der Waals surface area contributed by atoms with Gasteiger partial charge in [0.25, 0.3) is 5.91 Å². The van der Waals surface area contributed by atoms with Crippen LogP contribution in [0.25, 0.3) is 6.08 Å². The maximum atomic E-state index is 13.5. The van der Waals surface area contributed by atoms with Crippen molar-refractivity contribution in [1.82, 2.24) is 4.90 Å². The van der Waals surface area contributed by atoms with Crippen LogP contribution in [0.1, 0.15) is 45.1 Å². The normalized spacial score (nSPS) is 25.1. The number of phenolic OH excluding ortho intramolecular Hbond substituents is 1. The molecule has 1 aliphatic carbocycles. The van der Waals surface area contributed by atoms with Gasteiger partial charge < -0.3 is 20.1 Å². The summed E-state index contributed by atoms with van der Waals surface area (Å²) in [5.41, 5.74) is 1.70. The predicted octanol–water partition coefficient (Wildman–Crippen LogP) is 5.68. The van der Waals surface area contributed by atoms with E-state index in [2.05, 4.69) is 17.1 Å². The Morgan fingerprint density at radius 2 is 1.97 bits per heavy atom. The van der Waals surface area contributed by atoms with Crippen LogP contribution in [-0.2, 0) is 4.79 Å². The summed E-state index contributed by atoms with van der Waals surface area (Å²) in [6.07, 6.45) is 6.51. The molecule has 0 spiro atoms. The molecule has 2 aromatic carbocycles. The Balaban J connectivity index is 1.64. The van der Waals surface area contributed by atoms with Crippen LogP contribution >= 0.6 is 11.8 Å². The van der Waals surface area contributed by atoms with E-state index in [1.54, 1.807) is 23.9 Å². The number of aromatic hydroxyl groups is 1. The number of hydrogen-bond acceptors (Lipinski definition) is 5. The van der Waals surface area contributed by atoms with Gasteiger partial charge in [-0.2, -0.15) is 0 Å². The maximum absolute atomic E-state index is 13.5. The molecule has 0 bridgehead atoms. The van der Waals surface area contributed by atoms with Crippen molar-refractivity contribution in [2.45, 2.75) is 51.1 Å². The number of ether oxygens (including phenoxy) is 1. The van der Waals surface area contributed by atoms with E-state index >= 15 is 0 Å². The van der Waals surface area contributed by atoms with Crippen LogP contribution in [0, 0.1) is 5.92 Å². The van der Waals surface area contributed by atoms with E-state index < -0.39 is 0 Å². The van der Waals surface area contributed by atoms with Gasteiger partial charge in [-0.15, -0.1) is 0 Å². The molecule has 2 N–H and O–H groups in total. The number of carbonyl (C=O) groups is 1. The molecule has 0 aromatic heterocycles. The summed E-state index contributed by atoms with van der Waals surface area (Å²) in [7, 11) is 0. The summed E-state index contributed by atoms with van der Waals surface area (Å²) in [6.45, 7) is 4.61. The average Bonchev–Trinajstić information content (AvgIpc) is 3.06. The number of hydrogen-bond donors (Lipinski definition) is 2. The molecule has 164 valence electrons. The lowest BCUT2D eigenvalue weighted by molar-refractivity contribution is -0.129. The van der Waals surface area contributed by atoms with E-state index in [1.807, 2.05) is 49.4 Å². The summed E-state index contributed by atoms with van der Waals surface area (Å²) in [5.74, 6) is 1.10. The van der Waals surface area contributed by atoms with Crippen molar-refractivity contribution in [3.05, 3.63) is 59.0 Å². The van der Waals surface area contributed by atoms with Gasteiger partial charge in [-0.25, -0.2) is 0 Å². The molecule has 1 saturated heterocycles. The van der Waals surface area contributed by atoms with Crippen molar-refractivity contribution in [1.29, 1.82) is 0 Å². The molecule has 6 heteroatoms. The number of para-hydroxylation sites is 1. The quantitative estimate of drug-likeness (QED) is 0.568. The van der Waals surface area contributed by atoms with E-state index in [0.29, 0.717) is 23.2 Å². The van der Waals surface area contributed by atoms with Gasteiger partial charge in [-0.3, -0.25) is 4.79 Å². The van der Waals surface area contributed by atoms with Crippen LogP contribution < -0.4 is 10.1 Å². The fourth-order valence-corrected chi connectivity index (χ4v) is 5.62. The summed E-state index contributed by atoms with van der Waals surface area (Å²) in [6, 6.07) is 15.5. The summed E-state index contributed by atoms with van der Waals surface area (Å²) < 4.78 is 5.51. The third-order valence-electron chi connectivity index (χ3n) is 6.01. The molecular formula is C25H30N2O3S. The van der Waals surface area contributed by atoms with Crippen molar-refractivity contribution < 1.29 is 14.6 Å². The van der Waals surface area contributed by atoms with E-state index in [9.17, 15) is 9.90 Å². The molecule has 31 heavy (non-hydrogen) atoms. The first-order chi connectivity index (χ1) is 15.1. The Bertz CT molecular complexity index is 947. The molecule has 3 atom stereocenters. The standard InChI is InChI=1S/C25H30N2O3S/c1-3-30-22-15-18(13-14-21(22)28)16-23-24(29)27(20-12-8-7-9-17(20)2)25(31-23)26-19-10-5-4-6-11-19/h4-6,10-11,13-17,20,25-26,28H,3,7-9,12H2,1-2H3/b23-16-/t17-,20+,25?/m1/s1. The second-order valence-corrected chi connectivity index (χ2v) is 9.31. The first-order valence-corrected chi connectivity index (χ1v) is 11.9. The highest BCUT2D eigenvalue weighted by atomic mass is 32.2. The molecule has 2 fully saturated rings. The molecule has 1 unspecified atom stereocenters. The smallest absolute Gasteiger partial charge is 0.262 e. The fourth-order valence-electron chi connectivity index (χ4n) is 4.41. The predicted molar refractivity (Wildman–Crippen MR) is 127 cm³/mol. The zero-order chi connectivity index (χ0) is 21.8. The second kappa shape index (κ2) is 9.69. The Hall–Kier alpha value is -2.60. The van der Waals surface area contributed by atoms with Gasteiger partial charge in [0.05, 0.1) is 11.5 Å². The van der Waals surface area contributed by atoms with E-state index in [1.165, 1.54) is 6.42 Å². The first kappa shape index (κ1) is 21.6. The van der Waals surface area contributed by atoms with Crippen molar-refractivity contribution in [3.8, 4) is 11.5 Å². The highest BCUT2D eigenvalue weighted by Crippen LogP contribution is 2.42. The minimum Gasteiger partial charge on any atom is -0.504 e. The van der Waals surface area contributed by atoms with Crippen molar-refractivity contribution >= 4 is 29.4 Å². The number of carbonyl (C=O) groups excluding carboxylic acids is 1. The lowest BCUT2D eigenvalue weighted by atomic mass is 9.85. The van der Waals surface area contributed by atoms with Gasteiger partial charge in [0.15, 0.2) is 17.0 Å². The highest BCUT2D eigenvalue weighted by Gasteiger charge is 2.42. The van der Waals surface area contributed by atoms with Crippen LogP contribution in [0.2, 0.25) is 0 Å². The number of benzene rings is 2. The largest absolute Gasteiger partial charge is 0.504 e. The SMILES string of the molecule is CCOc1cc(/C=C2\SC(Nc3ccccc3)N([C@H]3CCCC[C@H]3C)C2=O)ccc1O. The molecule has 1 amide bonds. The van der Waals surface area contributed by atoms with Crippen molar-refractivity contribution in [2.24, 2.45) is 5.92 Å². The molecule has 1 aliphatic heterocycles. The number of anilines is 1. The van der Waals surface area contributed by atoms with Crippen LogP contribution in [-0.4, -0.2) is 34.1 Å². The van der Waals surface area contributed by atoms with Gasteiger partial charge in [0.2, 0.25) is 0 Å². The first-order valence-electron chi connectivity index (χ1n) is 11.0. The van der Waals surface area contributed by atoms with E-state index in [4.69, 9.17) is 4.74 Å². The highest BCUT2D eigenvalue weighted by molar-refractivity contribution is 8.05. The van der Waals surface area contributed by atoms with Crippen molar-refractivity contribution in [2.75, 3.05) is 11.9 Å². The monoisotopic (exact) mass is 438 g/mol. The molecule has 2 aromatic rings. The number of phenols is 1. The summed E-state index contributed by atoms with van der Waals surface area (Å²) in [4.78, 5) is 16.3. The molecule has 4 rings (SSSR count). The third-order valence-corrected chi connectivity index (χ3v) is 7.12. The van der Waals surface area contributed by atoms with Gasteiger partial charge in [-0.1, -0.05) is 55.8 Å². The number of nitrogens with one attached hydrogen (secondary N) is 1. The van der Waals surface area contributed by atoms with Gasteiger partial charge in [-0.05, 0) is 61.6 Å². The van der Waals surface area contributed by atoms with Crippen molar-refractivity contribution in [3.63, 3.8) is 0 Å². The zero-order valence-corrected chi connectivity index (χ0v) is 18.9. The van der Waals surface area contributed by atoms with Gasteiger partial charge >= 0.3 is 0 Å². The molecule has 1 heterocycles. The van der Waals surface area contributed by atoms with Crippen LogP contribution in [0.5, 0.6) is 11.5 Å². The fraction of sp³-hybridized carbons (Fsp3) is 0.400. The van der Waals surface area contributed by atoms with Gasteiger partial charge in [0.1, 0.15) is 0 Å². The number of nitrogens with zero attached hydrogens (tertiary/aromatic N) is 1. The Morgan fingerprint density at radius 1 is 1.19 bits per heavy atom. The maximum Gasteiger partial charge on any atom is 0.262 e. The van der Waals surface area contributed by atoms with Crippen LogP contribution in [0.3, 0.4) is 0 Å². The zero-order valence-electron chi connectivity index (χ0n) is 18.1. The average molecular weight is 439 g/mol. The molecule has 1 saturated carbocycles. The molecule has 0 radical (unpaired) electrons. The third kappa shape index (κ3) is 4.85. The minimum atomic E-state index is -0.143. The summed E-state index contributed by atoms with van der Waals surface area (Å²) >= 11 is 1.56. The molecule has 5 nitrogen and oxygen atoms in total. The summed E-state index contributed by atoms with van der Waals surface area (Å²) in [5, 5.41) is 13.5. The van der Waals surface area contributed by atoms with Crippen LogP contribution in [0.15, 0.2) is 53.4 Å². The Morgan fingerprint density at radius 3 is 2.71 bits per heavy atom. The van der Waals surface area contributed by atoms with E-state index in [0.717, 1.165) is 30.5 Å².